The molecule has 0 unspecified atom stereocenters. The summed E-state index contributed by atoms with van der Waals surface area (Å²) in [6, 6.07) is 0. The Morgan fingerprint density at radius 2 is 2.00 bits per heavy atom. The fourth-order valence-corrected chi connectivity index (χ4v) is 0.773. The Balaban J connectivity index is 3.28. The minimum absolute atomic E-state index is 0.0898. The van der Waals surface area contributed by atoms with Gasteiger partial charge in [-0.2, -0.15) is 0 Å². The molecule has 0 saturated carbocycles. The molecule has 2 nitrogen and oxygen atoms in total. The van der Waals surface area contributed by atoms with Gasteiger partial charge in [0, 0.05) is 19.4 Å². The van der Waals surface area contributed by atoms with E-state index in [9.17, 15) is 4.79 Å². The first-order valence-corrected chi connectivity index (χ1v) is 4.40. The van der Waals surface area contributed by atoms with Crippen LogP contribution < -0.4 is 0 Å². The second-order valence-corrected chi connectivity index (χ2v) is 3.85. The van der Waals surface area contributed by atoms with Crippen LogP contribution in [0.2, 0.25) is 0 Å². The zero-order valence-corrected chi connectivity index (χ0v) is 8.35. The summed E-state index contributed by atoms with van der Waals surface area (Å²) in [4.78, 5) is 10.8. The zero-order valence-electron chi connectivity index (χ0n) is 8.35. The number of carbonyl (C=O) groups is 1. The molecule has 0 aromatic carbocycles. The van der Waals surface area contributed by atoms with Crippen LogP contribution in [0, 0.1) is 6.92 Å². The maximum absolute atomic E-state index is 10.8. The molecule has 0 atom stereocenters. The normalized spacial score (nSPS) is 11.7. The monoisotopic (exact) mass is 171 g/mol. The zero-order chi connectivity index (χ0) is 9.61. The maximum Gasteiger partial charge on any atom is 0.132 e. The van der Waals surface area contributed by atoms with Crippen molar-refractivity contribution in [1.82, 2.24) is 0 Å². The van der Waals surface area contributed by atoms with Gasteiger partial charge in [-0.3, -0.25) is 4.79 Å². The molecule has 12 heavy (non-hydrogen) atoms. The highest BCUT2D eigenvalue weighted by atomic mass is 16.5. The molecule has 0 aliphatic rings. The number of ketones is 1. The first-order valence-electron chi connectivity index (χ1n) is 4.40. The van der Waals surface area contributed by atoms with Crippen LogP contribution in [-0.4, -0.2) is 18.0 Å². The van der Waals surface area contributed by atoms with Crippen molar-refractivity contribution in [2.75, 3.05) is 6.61 Å². The molecule has 0 heterocycles. The van der Waals surface area contributed by atoms with Gasteiger partial charge in [0.1, 0.15) is 5.78 Å². The molecule has 0 N–H and O–H groups in total. The summed E-state index contributed by atoms with van der Waals surface area (Å²) >= 11 is 0. The number of Topliss-reactive ketones (excluding diaryl/α,β-unsaturated/α-hetero) is 1. The number of carbonyl (C=O) groups excluding carboxylic acids is 1. The van der Waals surface area contributed by atoms with Crippen molar-refractivity contribution in [2.24, 2.45) is 0 Å². The molecule has 0 aromatic rings. The van der Waals surface area contributed by atoms with E-state index in [1.54, 1.807) is 0 Å². The van der Waals surface area contributed by atoms with E-state index < -0.39 is 0 Å². The molecule has 0 spiro atoms. The van der Waals surface area contributed by atoms with Crippen LogP contribution in [0.4, 0.5) is 0 Å². The van der Waals surface area contributed by atoms with E-state index in [1.807, 2.05) is 20.8 Å². The fraction of sp³-hybridized carbons (Fsp3) is 0.800. The molecule has 0 aliphatic heterocycles. The van der Waals surface area contributed by atoms with Gasteiger partial charge < -0.3 is 4.74 Å². The molecule has 0 saturated heterocycles. The summed E-state index contributed by atoms with van der Waals surface area (Å²) in [6.45, 7) is 10.2. The number of ether oxygens (including phenoxy) is 1. The third kappa shape index (κ3) is 7.73. The molecule has 0 amide bonds. The quantitative estimate of drug-likeness (QED) is 0.594. The lowest BCUT2D eigenvalue weighted by atomic mass is 10.1. The average molecular weight is 171 g/mol. The van der Waals surface area contributed by atoms with E-state index >= 15 is 0 Å². The van der Waals surface area contributed by atoms with E-state index in [0.717, 1.165) is 6.42 Å². The molecule has 0 fully saturated rings. The summed E-state index contributed by atoms with van der Waals surface area (Å²) < 4.78 is 5.45. The summed E-state index contributed by atoms with van der Waals surface area (Å²) in [7, 11) is 0. The van der Waals surface area contributed by atoms with Gasteiger partial charge in [0.25, 0.3) is 0 Å². The first kappa shape index (κ1) is 11.6. The standard InChI is InChI=1S/C10H19O2/c1-5-9(11)7-6-8-12-10(2,3)4/h1,5-8H2,2-4H3. The summed E-state index contributed by atoms with van der Waals surface area (Å²) in [5.41, 5.74) is -0.0898. The van der Waals surface area contributed by atoms with Gasteiger partial charge in [-0.05, 0) is 34.1 Å². The smallest absolute Gasteiger partial charge is 0.132 e. The Labute approximate surface area is 75.3 Å². The third-order valence-corrected chi connectivity index (χ3v) is 1.41. The van der Waals surface area contributed by atoms with Crippen LogP contribution in [0.5, 0.6) is 0 Å². The lowest BCUT2D eigenvalue weighted by molar-refractivity contribution is -0.119. The molecular weight excluding hydrogens is 152 g/mol. The Hall–Kier alpha value is -0.370. The Kier molecular flexibility index (Phi) is 5.14. The van der Waals surface area contributed by atoms with Crippen molar-refractivity contribution in [1.29, 1.82) is 0 Å². The van der Waals surface area contributed by atoms with Crippen LogP contribution in [0.25, 0.3) is 0 Å². The average Bonchev–Trinajstić information content (AvgIpc) is 1.96. The molecular formula is C10H19O2. The predicted octanol–water partition coefficient (Wildman–Crippen LogP) is 2.37. The van der Waals surface area contributed by atoms with Gasteiger partial charge in [-0.15, -0.1) is 0 Å². The van der Waals surface area contributed by atoms with Crippen molar-refractivity contribution in [3.63, 3.8) is 0 Å². The maximum atomic E-state index is 10.8. The fourth-order valence-electron chi connectivity index (χ4n) is 0.773. The molecule has 0 aliphatic carbocycles. The topological polar surface area (TPSA) is 26.3 Å². The van der Waals surface area contributed by atoms with E-state index in [-0.39, 0.29) is 11.4 Å². The minimum atomic E-state index is -0.0898. The van der Waals surface area contributed by atoms with Gasteiger partial charge in [0.2, 0.25) is 0 Å². The van der Waals surface area contributed by atoms with E-state index in [0.29, 0.717) is 19.4 Å². The summed E-state index contributed by atoms with van der Waals surface area (Å²) in [6.07, 6.45) is 1.81. The van der Waals surface area contributed by atoms with Crippen molar-refractivity contribution < 1.29 is 9.53 Å². The molecule has 0 rings (SSSR count). The largest absolute Gasteiger partial charge is 0.376 e. The van der Waals surface area contributed by atoms with E-state index in [1.165, 1.54) is 0 Å². The van der Waals surface area contributed by atoms with Gasteiger partial charge in [0.15, 0.2) is 0 Å². The van der Waals surface area contributed by atoms with E-state index in [4.69, 9.17) is 4.74 Å². The lowest BCUT2D eigenvalue weighted by Crippen LogP contribution is -2.20. The van der Waals surface area contributed by atoms with Crippen molar-refractivity contribution in [3.8, 4) is 0 Å². The van der Waals surface area contributed by atoms with Crippen molar-refractivity contribution >= 4 is 5.78 Å². The van der Waals surface area contributed by atoms with Gasteiger partial charge in [-0.1, -0.05) is 0 Å². The van der Waals surface area contributed by atoms with Gasteiger partial charge in [-0.25, -0.2) is 0 Å². The van der Waals surface area contributed by atoms with Gasteiger partial charge >= 0.3 is 0 Å². The second kappa shape index (κ2) is 5.31. The highest BCUT2D eigenvalue weighted by Crippen LogP contribution is 2.07. The Morgan fingerprint density at radius 3 is 2.42 bits per heavy atom. The number of rotatable bonds is 5. The van der Waals surface area contributed by atoms with Gasteiger partial charge in [0.05, 0.1) is 5.60 Å². The Morgan fingerprint density at radius 1 is 1.42 bits per heavy atom. The van der Waals surface area contributed by atoms with E-state index in [2.05, 4.69) is 6.92 Å². The van der Waals surface area contributed by atoms with Crippen LogP contribution >= 0.6 is 0 Å². The SMILES string of the molecule is [CH2]CC(=O)CCCOC(C)(C)C. The van der Waals surface area contributed by atoms with Crippen LogP contribution in [0.1, 0.15) is 40.0 Å². The highest BCUT2D eigenvalue weighted by Gasteiger charge is 2.09. The number of hydrogen-bond donors (Lipinski definition) is 0. The summed E-state index contributed by atoms with van der Waals surface area (Å²) in [5.74, 6) is 0.215. The lowest BCUT2D eigenvalue weighted by Gasteiger charge is -2.19. The van der Waals surface area contributed by atoms with Crippen molar-refractivity contribution in [3.05, 3.63) is 6.92 Å². The second-order valence-electron chi connectivity index (χ2n) is 3.85. The molecule has 0 aromatic heterocycles. The minimum Gasteiger partial charge on any atom is -0.376 e. The predicted molar refractivity (Wildman–Crippen MR) is 49.9 cm³/mol. The summed E-state index contributed by atoms with van der Waals surface area (Å²) in [5, 5.41) is 0. The Bertz CT molecular complexity index is 133. The molecule has 2 heteroatoms. The third-order valence-electron chi connectivity index (χ3n) is 1.41. The highest BCUT2D eigenvalue weighted by molar-refractivity contribution is 5.78. The molecule has 71 valence electrons. The van der Waals surface area contributed by atoms with Crippen LogP contribution in [0.3, 0.4) is 0 Å². The number of hydrogen-bond acceptors (Lipinski definition) is 2. The molecule has 0 bridgehead atoms. The molecule has 1 radical (unpaired) electrons. The van der Waals surface area contributed by atoms with Crippen molar-refractivity contribution in [2.45, 2.75) is 45.6 Å². The van der Waals surface area contributed by atoms with Crippen LogP contribution in [-0.2, 0) is 9.53 Å². The first-order chi connectivity index (χ1) is 5.45. The van der Waals surface area contributed by atoms with Crippen LogP contribution in [0.15, 0.2) is 0 Å².